The molecule has 0 atom stereocenters. The third-order valence-electron chi connectivity index (χ3n) is 9.42. The van der Waals surface area contributed by atoms with Crippen LogP contribution in [0.15, 0.2) is 133 Å². The summed E-state index contributed by atoms with van der Waals surface area (Å²) in [6.07, 6.45) is 0. The average molecular weight is 711 g/mol. The van der Waals surface area contributed by atoms with E-state index in [9.17, 15) is 9.59 Å². The number of benzene rings is 6. The number of aromatic nitrogens is 4. The number of hydrogen-bond donors (Lipinski definition) is 4. The molecule has 0 bridgehead atoms. The summed E-state index contributed by atoms with van der Waals surface area (Å²) in [5, 5.41) is 5.92. The van der Waals surface area contributed by atoms with Gasteiger partial charge in [0, 0.05) is 73.2 Å². The third-order valence-corrected chi connectivity index (χ3v) is 9.42. The minimum Gasteiger partial charge on any atom is -0.378 e. The number of nitrogens with one attached hydrogen (secondary N) is 4. The number of imidazole rings is 2. The van der Waals surface area contributed by atoms with Gasteiger partial charge in [-0.3, -0.25) is 9.59 Å². The molecule has 10 nitrogen and oxygen atoms in total. The predicted octanol–water partition coefficient (Wildman–Crippen LogP) is 9.08. The highest BCUT2D eigenvalue weighted by atomic mass is 16.2. The Bertz CT molecular complexity index is 2440. The molecule has 0 saturated carbocycles. The zero-order valence-electron chi connectivity index (χ0n) is 30.3. The number of fused-ring (bicyclic) bond motifs is 2. The summed E-state index contributed by atoms with van der Waals surface area (Å²) in [4.78, 5) is 46.3. The Kier molecular flexibility index (Phi) is 8.84. The number of carbonyl (C=O) groups is 2. The molecule has 2 aromatic heterocycles. The van der Waals surface area contributed by atoms with Crippen LogP contribution in [0.1, 0.15) is 20.7 Å². The predicted molar refractivity (Wildman–Crippen MR) is 219 cm³/mol. The number of hydrogen-bond acceptors (Lipinski definition) is 6. The molecule has 54 heavy (non-hydrogen) atoms. The fourth-order valence-electron chi connectivity index (χ4n) is 6.30. The number of aromatic amines is 2. The maximum Gasteiger partial charge on any atom is 0.255 e. The second-order valence-electron chi connectivity index (χ2n) is 13.6. The molecule has 0 fully saturated rings. The molecule has 6 aromatic carbocycles. The van der Waals surface area contributed by atoms with Crippen LogP contribution in [0.5, 0.6) is 0 Å². The summed E-state index contributed by atoms with van der Waals surface area (Å²) in [5.41, 5.74) is 12.1. The lowest BCUT2D eigenvalue weighted by molar-refractivity contribution is 0.101. The van der Waals surface area contributed by atoms with E-state index in [4.69, 9.17) is 9.97 Å². The molecule has 2 heterocycles. The monoisotopic (exact) mass is 710 g/mol. The van der Waals surface area contributed by atoms with Crippen molar-refractivity contribution in [2.24, 2.45) is 0 Å². The molecule has 10 heteroatoms. The van der Waals surface area contributed by atoms with Crippen LogP contribution >= 0.6 is 0 Å². The quantitative estimate of drug-likeness (QED) is 0.119. The molecule has 0 aliphatic heterocycles. The number of rotatable bonds is 9. The topological polar surface area (TPSA) is 122 Å². The Morgan fingerprint density at radius 2 is 0.815 bits per heavy atom. The fraction of sp³-hybridized carbons (Fsp3) is 0.0909. The van der Waals surface area contributed by atoms with Crippen molar-refractivity contribution in [3.8, 4) is 33.9 Å². The highest BCUT2D eigenvalue weighted by Crippen LogP contribution is 2.30. The number of H-pyrrole nitrogens is 2. The summed E-state index contributed by atoms with van der Waals surface area (Å²) in [6, 6.07) is 42.6. The van der Waals surface area contributed by atoms with Crippen molar-refractivity contribution in [3.05, 3.63) is 145 Å². The summed E-state index contributed by atoms with van der Waals surface area (Å²) in [5.74, 6) is 1.11. The first-order valence-electron chi connectivity index (χ1n) is 17.6. The first-order valence-corrected chi connectivity index (χ1v) is 17.6. The Balaban J connectivity index is 0.948. The first kappa shape index (κ1) is 33.9. The molecule has 0 aliphatic rings. The summed E-state index contributed by atoms with van der Waals surface area (Å²) in [7, 11) is 7.92. The van der Waals surface area contributed by atoms with Gasteiger partial charge in [0.15, 0.2) is 0 Å². The van der Waals surface area contributed by atoms with Crippen LogP contribution in [-0.4, -0.2) is 59.9 Å². The van der Waals surface area contributed by atoms with Crippen LogP contribution < -0.4 is 20.4 Å². The van der Waals surface area contributed by atoms with Crippen molar-refractivity contribution in [1.29, 1.82) is 0 Å². The van der Waals surface area contributed by atoms with E-state index in [1.165, 1.54) is 0 Å². The van der Waals surface area contributed by atoms with E-state index < -0.39 is 0 Å². The van der Waals surface area contributed by atoms with E-state index in [0.29, 0.717) is 11.1 Å². The zero-order chi connectivity index (χ0) is 37.3. The lowest BCUT2D eigenvalue weighted by Crippen LogP contribution is -2.12. The van der Waals surface area contributed by atoms with E-state index in [0.717, 1.165) is 78.7 Å². The summed E-state index contributed by atoms with van der Waals surface area (Å²) in [6.45, 7) is 0. The van der Waals surface area contributed by atoms with Gasteiger partial charge in [0.05, 0.1) is 22.1 Å². The van der Waals surface area contributed by atoms with Gasteiger partial charge in [-0.2, -0.15) is 0 Å². The second-order valence-corrected chi connectivity index (χ2v) is 13.6. The first-order chi connectivity index (χ1) is 26.2. The van der Waals surface area contributed by atoms with Gasteiger partial charge in [-0.05, 0) is 108 Å². The van der Waals surface area contributed by atoms with Crippen molar-refractivity contribution < 1.29 is 9.59 Å². The minimum absolute atomic E-state index is 0.171. The molecule has 2 amide bonds. The largest absolute Gasteiger partial charge is 0.378 e. The lowest BCUT2D eigenvalue weighted by Gasteiger charge is -2.13. The van der Waals surface area contributed by atoms with Crippen LogP contribution in [0.2, 0.25) is 0 Å². The fourth-order valence-corrected chi connectivity index (χ4v) is 6.30. The highest BCUT2D eigenvalue weighted by molar-refractivity contribution is 6.05. The van der Waals surface area contributed by atoms with Crippen LogP contribution in [0.3, 0.4) is 0 Å². The molecule has 0 spiro atoms. The van der Waals surface area contributed by atoms with Crippen LogP contribution in [0.4, 0.5) is 22.7 Å². The van der Waals surface area contributed by atoms with E-state index in [1.54, 1.807) is 0 Å². The van der Waals surface area contributed by atoms with Crippen molar-refractivity contribution in [2.75, 3.05) is 48.6 Å². The standard InChI is InChI=1S/C44H38N8O2/c1-51(2)35-19-15-33(16-20-35)45-43(53)29-9-5-27(6-10-29)41-47-37-23-13-31(25-39(37)49-41)32-14-24-38-40(26-32)50-42(48-38)28-7-11-30(12-8-28)44(54)46-34-17-21-36(22-18-34)52(3)4/h5-26H,1-4H3,(H,45,53)(H,46,54)(H,47,49)(H,48,50). The van der Waals surface area contributed by atoms with Crippen molar-refractivity contribution >= 4 is 56.6 Å². The maximum absolute atomic E-state index is 12.9. The molecule has 8 rings (SSSR count). The van der Waals surface area contributed by atoms with Gasteiger partial charge in [0.1, 0.15) is 11.6 Å². The smallest absolute Gasteiger partial charge is 0.255 e. The SMILES string of the molecule is CN(C)c1ccc(NC(=O)c2ccc(-c3nc4ccc(-c5ccc6nc(-c7ccc(C(=O)Nc8ccc(N(C)C)cc8)cc7)[nH]c6c5)cc4[nH]3)cc2)cc1. The van der Waals surface area contributed by atoms with Gasteiger partial charge in [-0.1, -0.05) is 36.4 Å². The molecule has 8 aromatic rings. The molecular formula is C44H38N8O2. The van der Waals surface area contributed by atoms with Gasteiger partial charge in [-0.25, -0.2) is 9.97 Å². The van der Waals surface area contributed by atoms with Crippen LogP contribution in [0, 0.1) is 0 Å². The molecule has 4 N–H and O–H groups in total. The number of nitrogens with zero attached hydrogens (tertiary/aromatic N) is 4. The Hall–Kier alpha value is -7.20. The molecule has 266 valence electrons. The number of anilines is 4. The van der Waals surface area contributed by atoms with Crippen LogP contribution in [0.25, 0.3) is 56.0 Å². The minimum atomic E-state index is -0.171. The second kappa shape index (κ2) is 14.1. The molecule has 0 saturated heterocycles. The van der Waals surface area contributed by atoms with Crippen LogP contribution in [-0.2, 0) is 0 Å². The molecule has 0 radical (unpaired) electrons. The molecule has 0 aliphatic carbocycles. The molecular weight excluding hydrogens is 673 g/mol. The Morgan fingerprint density at radius 1 is 0.463 bits per heavy atom. The average Bonchev–Trinajstić information content (AvgIpc) is 3.82. The zero-order valence-corrected chi connectivity index (χ0v) is 30.3. The Morgan fingerprint density at radius 3 is 1.17 bits per heavy atom. The van der Waals surface area contributed by atoms with E-state index >= 15 is 0 Å². The number of amides is 2. The number of carbonyl (C=O) groups excluding carboxylic acids is 2. The molecule has 0 unspecified atom stereocenters. The van der Waals surface area contributed by atoms with E-state index in [2.05, 4.69) is 44.9 Å². The highest BCUT2D eigenvalue weighted by Gasteiger charge is 2.13. The van der Waals surface area contributed by atoms with E-state index in [1.807, 2.05) is 147 Å². The Labute approximate surface area is 312 Å². The van der Waals surface area contributed by atoms with Crippen molar-refractivity contribution in [3.63, 3.8) is 0 Å². The van der Waals surface area contributed by atoms with Gasteiger partial charge in [-0.15, -0.1) is 0 Å². The van der Waals surface area contributed by atoms with Gasteiger partial charge in [0.2, 0.25) is 0 Å². The van der Waals surface area contributed by atoms with E-state index in [-0.39, 0.29) is 11.8 Å². The van der Waals surface area contributed by atoms with Crippen molar-refractivity contribution in [2.45, 2.75) is 0 Å². The summed E-state index contributed by atoms with van der Waals surface area (Å²) < 4.78 is 0. The third kappa shape index (κ3) is 7.00. The maximum atomic E-state index is 12.9. The van der Waals surface area contributed by atoms with Gasteiger partial charge >= 0.3 is 0 Å². The van der Waals surface area contributed by atoms with Gasteiger partial charge < -0.3 is 30.4 Å². The summed E-state index contributed by atoms with van der Waals surface area (Å²) >= 11 is 0. The van der Waals surface area contributed by atoms with Gasteiger partial charge in [0.25, 0.3) is 11.8 Å². The lowest BCUT2D eigenvalue weighted by atomic mass is 10.0. The van der Waals surface area contributed by atoms with Crippen molar-refractivity contribution in [1.82, 2.24) is 19.9 Å². The normalized spacial score (nSPS) is 11.1.